The van der Waals surface area contributed by atoms with Gasteiger partial charge in [0.2, 0.25) is 0 Å². The Morgan fingerprint density at radius 3 is 2.68 bits per heavy atom. The number of aldehydes is 1. The van der Waals surface area contributed by atoms with Crippen LogP contribution < -0.4 is 0 Å². The van der Waals surface area contributed by atoms with Gasteiger partial charge in [-0.25, -0.2) is 9.97 Å². The molecular weight excluding hydrogens is 353 g/mol. The van der Waals surface area contributed by atoms with Crippen molar-refractivity contribution in [1.82, 2.24) is 19.5 Å². The first-order valence-electron chi connectivity index (χ1n) is 7.34. The van der Waals surface area contributed by atoms with Crippen LogP contribution in [0.2, 0.25) is 0 Å². The molecule has 0 aliphatic carbocycles. The predicted octanol–water partition coefficient (Wildman–Crippen LogP) is 3.97. The van der Waals surface area contributed by atoms with Crippen molar-refractivity contribution in [3.05, 3.63) is 35.7 Å². The Labute approximate surface area is 145 Å². The highest BCUT2D eigenvalue weighted by Crippen LogP contribution is 2.36. The molecule has 3 aromatic rings. The van der Waals surface area contributed by atoms with E-state index in [-0.39, 0.29) is 5.69 Å². The van der Waals surface area contributed by atoms with Gasteiger partial charge in [0.05, 0.1) is 5.56 Å². The number of carbonyl (C=O) groups is 1. The third kappa shape index (κ3) is 3.23. The number of rotatable bonds is 4. The summed E-state index contributed by atoms with van der Waals surface area (Å²) < 4.78 is 40.5. The molecule has 3 aromatic heterocycles. The Morgan fingerprint density at radius 1 is 1.28 bits per heavy atom. The summed E-state index contributed by atoms with van der Waals surface area (Å²) in [4.78, 5) is 23.9. The Bertz CT molecular complexity index is 952. The van der Waals surface area contributed by atoms with Crippen LogP contribution in [-0.4, -0.2) is 31.6 Å². The topological polar surface area (TPSA) is 60.7 Å². The summed E-state index contributed by atoms with van der Waals surface area (Å²) in [5.41, 5.74) is 0.817. The van der Waals surface area contributed by atoms with Crippen molar-refractivity contribution in [3.8, 4) is 11.5 Å². The number of aromatic nitrogens is 4. The van der Waals surface area contributed by atoms with Crippen LogP contribution in [0, 0.1) is 0 Å². The van der Waals surface area contributed by atoms with E-state index in [4.69, 9.17) is 0 Å². The molecule has 0 fully saturated rings. The van der Waals surface area contributed by atoms with E-state index in [9.17, 15) is 18.0 Å². The Hall–Kier alpha value is -2.42. The molecule has 0 atom stereocenters. The Balaban J connectivity index is 2.20. The normalized spacial score (nSPS) is 11.9. The first kappa shape index (κ1) is 17.4. The third-order valence-electron chi connectivity index (χ3n) is 3.55. The molecule has 3 heterocycles. The van der Waals surface area contributed by atoms with Crippen LogP contribution in [-0.2, 0) is 13.2 Å². The van der Waals surface area contributed by atoms with Crippen LogP contribution in [0.3, 0.4) is 0 Å². The number of hydrogen-bond donors (Lipinski definition) is 0. The summed E-state index contributed by atoms with van der Waals surface area (Å²) in [6.45, 7) is 1.85. The molecule has 9 heteroatoms. The molecule has 0 saturated heterocycles. The van der Waals surface area contributed by atoms with Gasteiger partial charge in [-0.15, -0.1) is 11.8 Å². The monoisotopic (exact) mass is 366 g/mol. The van der Waals surface area contributed by atoms with E-state index in [1.54, 1.807) is 17.7 Å². The summed E-state index contributed by atoms with van der Waals surface area (Å²) in [6, 6.07) is 4.26. The number of imidazole rings is 1. The molecule has 0 N–H and O–H groups in total. The molecule has 0 amide bonds. The van der Waals surface area contributed by atoms with E-state index < -0.39 is 11.7 Å². The lowest BCUT2D eigenvalue weighted by Gasteiger charge is -2.11. The van der Waals surface area contributed by atoms with Crippen LogP contribution >= 0.6 is 11.8 Å². The lowest BCUT2D eigenvalue weighted by molar-refractivity contribution is -0.138. The van der Waals surface area contributed by atoms with Crippen LogP contribution in [0.4, 0.5) is 13.2 Å². The number of hydrogen-bond acceptors (Lipinski definition) is 5. The third-order valence-corrected chi connectivity index (χ3v) is 4.46. The molecule has 0 spiro atoms. The zero-order valence-electron chi connectivity index (χ0n) is 13.3. The second kappa shape index (κ2) is 6.47. The van der Waals surface area contributed by atoms with E-state index in [1.807, 2.05) is 6.92 Å². The fraction of sp³-hybridized carbons (Fsp3) is 0.250. The van der Waals surface area contributed by atoms with Crippen LogP contribution in [0.5, 0.6) is 0 Å². The van der Waals surface area contributed by atoms with E-state index in [0.717, 1.165) is 12.3 Å². The van der Waals surface area contributed by atoms with Crippen molar-refractivity contribution in [1.29, 1.82) is 0 Å². The maximum absolute atomic E-state index is 13.0. The molecule has 0 aliphatic rings. The van der Waals surface area contributed by atoms with Gasteiger partial charge in [-0.3, -0.25) is 9.78 Å². The highest BCUT2D eigenvalue weighted by atomic mass is 32.2. The van der Waals surface area contributed by atoms with Gasteiger partial charge in [-0.05, 0) is 24.0 Å². The highest BCUT2D eigenvalue weighted by molar-refractivity contribution is 7.99. The lowest BCUT2D eigenvalue weighted by Crippen LogP contribution is -2.07. The van der Waals surface area contributed by atoms with E-state index in [0.29, 0.717) is 39.6 Å². The smallest absolute Gasteiger partial charge is 0.310 e. The SMILES string of the molecule is CCSc1cc(C(F)(F)F)cnc1-c1nc2ccc(C=O)nc2n1C. The number of halogens is 3. The van der Waals surface area contributed by atoms with Crippen molar-refractivity contribution >= 4 is 29.2 Å². The number of alkyl halides is 3. The average molecular weight is 366 g/mol. The summed E-state index contributed by atoms with van der Waals surface area (Å²) in [7, 11) is 1.69. The average Bonchev–Trinajstić information content (AvgIpc) is 2.90. The molecule has 3 rings (SSSR count). The number of aryl methyl sites for hydroxylation is 1. The van der Waals surface area contributed by atoms with Gasteiger partial charge in [0.25, 0.3) is 0 Å². The zero-order chi connectivity index (χ0) is 18.2. The molecular formula is C16H13F3N4OS. The standard InChI is InChI=1S/C16H13F3N4OS/c1-3-25-12-6-9(16(17,18)19)7-20-13(12)15-22-11-5-4-10(8-24)21-14(11)23(15)2/h4-8H,3H2,1-2H3. The predicted molar refractivity (Wildman–Crippen MR) is 88.5 cm³/mol. The maximum atomic E-state index is 13.0. The van der Waals surface area contributed by atoms with Crippen molar-refractivity contribution in [2.45, 2.75) is 18.0 Å². The molecule has 0 aliphatic heterocycles. The molecule has 0 bridgehead atoms. The minimum Gasteiger partial charge on any atom is -0.310 e. The first-order chi connectivity index (χ1) is 11.8. The van der Waals surface area contributed by atoms with Crippen molar-refractivity contribution in [2.75, 3.05) is 5.75 Å². The molecule has 130 valence electrons. The summed E-state index contributed by atoms with van der Waals surface area (Å²) >= 11 is 1.26. The van der Waals surface area contributed by atoms with E-state index in [1.165, 1.54) is 17.8 Å². The minimum atomic E-state index is -4.46. The van der Waals surface area contributed by atoms with Gasteiger partial charge in [0.15, 0.2) is 17.8 Å². The second-order valence-corrected chi connectivity index (χ2v) is 6.50. The number of fused-ring (bicyclic) bond motifs is 1. The largest absolute Gasteiger partial charge is 0.417 e. The fourth-order valence-corrected chi connectivity index (χ4v) is 3.19. The van der Waals surface area contributed by atoms with Gasteiger partial charge in [0, 0.05) is 18.1 Å². The Kier molecular flexibility index (Phi) is 4.51. The van der Waals surface area contributed by atoms with Gasteiger partial charge < -0.3 is 4.57 Å². The molecule has 0 aromatic carbocycles. The number of nitrogens with zero attached hydrogens (tertiary/aromatic N) is 4. The fourth-order valence-electron chi connectivity index (χ4n) is 2.39. The first-order valence-corrected chi connectivity index (χ1v) is 8.32. The van der Waals surface area contributed by atoms with Crippen LogP contribution in [0.15, 0.2) is 29.3 Å². The molecule has 5 nitrogen and oxygen atoms in total. The van der Waals surface area contributed by atoms with Crippen molar-refractivity contribution < 1.29 is 18.0 Å². The van der Waals surface area contributed by atoms with Gasteiger partial charge in [0.1, 0.15) is 16.9 Å². The number of pyridine rings is 2. The van der Waals surface area contributed by atoms with Crippen molar-refractivity contribution in [2.24, 2.45) is 7.05 Å². The van der Waals surface area contributed by atoms with Gasteiger partial charge >= 0.3 is 6.18 Å². The summed E-state index contributed by atoms with van der Waals surface area (Å²) in [5, 5.41) is 0. The van der Waals surface area contributed by atoms with Crippen LogP contribution in [0.1, 0.15) is 23.0 Å². The summed E-state index contributed by atoms with van der Waals surface area (Å²) in [6.07, 6.45) is -3.03. The van der Waals surface area contributed by atoms with E-state index >= 15 is 0 Å². The quantitative estimate of drug-likeness (QED) is 0.516. The molecule has 0 radical (unpaired) electrons. The van der Waals surface area contributed by atoms with Gasteiger partial charge in [-0.1, -0.05) is 6.92 Å². The maximum Gasteiger partial charge on any atom is 0.417 e. The highest BCUT2D eigenvalue weighted by Gasteiger charge is 2.32. The number of thioether (sulfide) groups is 1. The number of carbonyl (C=O) groups excluding carboxylic acids is 1. The molecule has 0 unspecified atom stereocenters. The van der Waals surface area contributed by atoms with E-state index in [2.05, 4.69) is 15.0 Å². The zero-order valence-corrected chi connectivity index (χ0v) is 14.1. The van der Waals surface area contributed by atoms with Crippen LogP contribution in [0.25, 0.3) is 22.7 Å². The molecule has 0 saturated carbocycles. The lowest BCUT2D eigenvalue weighted by atomic mass is 10.2. The van der Waals surface area contributed by atoms with Gasteiger partial charge in [-0.2, -0.15) is 13.2 Å². The molecule has 25 heavy (non-hydrogen) atoms. The minimum absolute atomic E-state index is 0.255. The Morgan fingerprint density at radius 2 is 2.04 bits per heavy atom. The second-order valence-electron chi connectivity index (χ2n) is 5.19. The summed E-state index contributed by atoms with van der Waals surface area (Å²) in [5.74, 6) is 0.989. The van der Waals surface area contributed by atoms with Crippen molar-refractivity contribution in [3.63, 3.8) is 0 Å².